The van der Waals surface area contributed by atoms with Crippen LogP contribution in [0, 0.1) is 11.3 Å². The molecule has 1 saturated carbocycles. The first-order valence-electron chi connectivity index (χ1n) is 7.41. The van der Waals surface area contributed by atoms with Gasteiger partial charge in [0, 0.05) is 5.69 Å². The number of carbonyl (C=O) groups excluding carboxylic acids is 1. The van der Waals surface area contributed by atoms with Crippen LogP contribution >= 0.6 is 0 Å². The second kappa shape index (κ2) is 7.49. The average Bonchev–Trinajstić information content (AvgIpc) is 2.51. The van der Waals surface area contributed by atoms with E-state index in [4.69, 9.17) is 4.74 Å². The molecule has 1 aliphatic rings. The van der Waals surface area contributed by atoms with Gasteiger partial charge in [-0.3, -0.25) is 4.79 Å². The number of nitrogens with one attached hydrogen (secondary N) is 1. The number of allylic oxidation sites excluding steroid dienone is 1. The van der Waals surface area contributed by atoms with Crippen LogP contribution < -0.4 is 10.1 Å². The topological polar surface area (TPSA) is 62.1 Å². The molecule has 1 aliphatic carbocycles. The van der Waals surface area contributed by atoms with Crippen LogP contribution in [0.15, 0.2) is 35.4 Å². The maximum absolute atomic E-state index is 12.2. The van der Waals surface area contributed by atoms with Gasteiger partial charge in [-0.15, -0.1) is 0 Å². The van der Waals surface area contributed by atoms with Crippen molar-refractivity contribution in [2.75, 3.05) is 11.9 Å². The minimum absolute atomic E-state index is 0.281. The van der Waals surface area contributed by atoms with Gasteiger partial charge in [-0.25, -0.2) is 0 Å². The maximum atomic E-state index is 12.2. The molecule has 0 bridgehead atoms. The van der Waals surface area contributed by atoms with Crippen molar-refractivity contribution in [1.29, 1.82) is 5.26 Å². The minimum atomic E-state index is -0.307. The van der Waals surface area contributed by atoms with E-state index < -0.39 is 0 Å². The molecular weight excluding hydrogens is 264 g/mol. The van der Waals surface area contributed by atoms with Crippen LogP contribution in [0.4, 0.5) is 5.69 Å². The number of amides is 1. The highest BCUT2D eigenvalue weighted by Crippen LogP contribution is 2.26. The Kier molecular flexibility index (Phi) is 5.39. The largest absolute Gasteiger partial charge is 0.494 e. The first-order valence-corrected chi connectivity index (χ1v) is 7.41. The summed E-state index contributed by atoms with van der Waals surface area (Å²) in [4.78, 5) is 12.2. The summed E-state index contributed by atoms with van der Waals surface area (Å²) < 4.78 is 5.36. The standard InChI is InChI=1S/C17H20N2O2/c1-2-21-15-10-8-14(9-11-15)19-17(20)16(12-18)13-6-4-3-5-7-13/h8-11H,2-7H2,1H3,(H,19,20). The first kappa shape index (κ1) is 15.1. The number of anilines is 1. The highest BCUT2D eigenvalue weighted by atomic mass is 16.5. The summed E-state index contributed by atoms with van der Waals surface area (Å²) >= 11 is 0. The minimum Gasteiger partial charge on any atom is -0.494 e. The first-order chi connectivity index (χ1) is 10.2. The SMILES string of the molecule is CCOc1ccc(NC(=O)C(C#N)=C2CCCCC2)cc1. The van der Waals surface area contributed by atoms with Gasteiger partial charge in [0.25, 0.3) is 5.91 Å². The maximum Gasteiger partial charge on any atom is 0.266 e. The van der Waals surface area contributed by atoms with Crippen LogP contribution in [0.1, 0.15) is 39.0 Å². The number of benzene rings is 1. The van der Waals surface area contributed by atoms with Crippen molar-refractivity contribution in [3.63, 3.8) is 0 Å². The number of hydrogen-bond acceptors (Lipinski definition) is 3. The third kappa shape index (κ3) is 4.09. The summed E-state index contributed by atoms with van der Waals surface area (Å²) in [7, 11) is 0. The molecule has 0 radical (unpaired) electrons. The normalized spacial score (nSPS) is 14.2. The van der Waals surface area contributed by atoms with Crippen LogP contribution in [-0.4, -0.2) is 12.5 Å². The monoisotopic (exact) mass is 284 g/mol. The van der Waals surface area contributed by atoms with E-state index >= 15 is 0 Å². The van der Waals surface area contributed by atoms with Crippen LogP contribution in [0.2, 0.25) is 0 Å². The molecule has 1 aromatic carbocycles. The fraction of sp³-hybridized carbons (Fsp3) is 0.412. The lowest BCUT2D eigenvalue weighted by molar-refractivity contribution is -0.112. The Labute approximate surface area is 125 Å². The van der Waals surface area contributed by atoms with Gasteiger partial charge < -0.3 is 10.1 Å². The van der Waals surface area contributed by atoms with Gasteiger partial charge in [0.05, 0.1) is 6.61 Å². The molecular formula is C17H20N2O2. The van der Waals surface area contributed by atoms with Gasteiger partial charge in [-0.2, -0.15) is 5.26 Å². The molecule has 0 aliphatic heterocycles. The van der Waals surface area contributed by atoms with Crippen LogP contribution in [0.5, 0.6) is 5.75 Å². The summed E-state index contributed by atoms with van der Waals surface area (Å²) in [6.07, 6.45) is 5.04. The molecule has 0 heterocycles. The Bertz CT molecular complexity index is 559. The molecule has 0 unspecified atom stereocenters. The molecule has 1 N–H and O–H groups in total. The second-order valence-corrected chi connectivity index (χ2v) is 5.06. The number of nitrogens with zero attached hydrogens (tertiary/aromatic N) is 1. The lowest BCUT2D eigenvalue weighted by Gasteiger charge is -2.15. The third-order valence-electron chi connectivity index (χ3n) is 3.57. The van der Waals surface area contributed by atoms with E-state index in [1.807, 2.05) is 6.92 Å². The fourth-order valence-electron chi connectivity index (χ4n) is 2.51. The van der Waals surface area contributed by atoms with Gasteiger partial charge in [0.2, 0.25) is 0 Å². The Morgan fingerprint density at radius 2 is 1.90 bits per heavy atom. The molecule has 4 heteroatoms. The van der Waals surface area contributed by atoms with Gasteiger partial charge in [-0.05, 0) is 62.4 Å². The molecule has 0 aromatic heterocycles. The highest BCUT2D eigenvalue weighted by Gasteiger charge is 2.17. The summed E-state index contributed by atoms with van der Waals surface area (Å²) in [5.41, 5.74) is 1.95. The Hall–Kier alpha value is -2.28. The number of rotatable bonds is 4. The quantitative estimate of drug-likeness (QED) is 0.675. The van der Waals surface area contributed by atoms with E-state index in [9.17, 15) is 10.1 Å². The van der Waals surface area contributed by atoms with Crippen molar-refractivity contribution in [1.82, 2.24) is 0 Å². The number of nitriles is 1. The van der Waals surface area contributed by atoms with Crippen LogP contribution in [-0.2, 0) is 4.79 Å². The average molecular weight is 284 g/mol. The zero-order chi connectivity index (χ0) is 15.1. The predicted octanol–water partition coefficient (Wildman–Crippen LogP) is 3.81. The van der Waals surface area contributed by atoms with Crippen molar-refractivity contribution >= 4 is 11.6 Å². The molecule has 1 aromatic rings. The van der Waals surface area contributed by atoms with E-state index in [-0.39, 0.29) is 11.5 Å². The van der Waals surface area contributed by atoms with E-state index in [0.717, 1.165) is 37.0 Å². The van der Waals surface area contributed by atoms with Gasteiger partial charge in [-0.1, -0.05) is 6.42 Å². The van der Waals surface area contributed by atoms with Crippen molar-refractivity contribution in [3.05, 3.63) is 35.4 Å². The van der Waals surface area contributed by atoms with Gasteiger partial charge in [0.1, 0.15) is 17.4 Å². The lowest BCUT2D eigenvalue weighted by atomic mass is 9.91. The highest BCUT2D eigenvalue weighted by molar-refractivity contribution is 6.07. The van der Waals surface area contributed by atoms with Gasteiger partial charge in [0.15, 0.2) is 0 Å². The summed E-state index contributed by atoms with van der Waals surface area (Å²) in [6.45, 7) is 2.53. The molecule has 0 spiro atoms. The summed E-state index contributed by atoms with van der Waals surface area (Å²) in [6, 6.07) is 9.24. The summed E-state index contributed by atoms with van der Waals surface area (Å²) in [5, 5.41) is 12.0. The molecule has 0 saturated heterocycles. The van der Waals surface area contributed by atoms with E-state index in [1.165, 1.54) is 6.42 Å². The van der Waals surface area contributed by atoms with E-state index in [1.54, 1.807) is 24.3 Å². The van der Waals surface area contributed by atoms with E-state index in [2.05, 4.69) is 11.4 Å². The van der Waals surface area contributed by atoms with Crippen molar-refractivity contribution in [2.24, 2.45) is 0 Å². The zero-order valence-corrected chi connectivity index (χ0v) is 12.3. The number of ether oxygens (including phenoxy) is 1. The molecule has 2 rings (SSSR count). The number of carbonyl (C=O) groups is 1. The van der Waals surface area contributed by atoms with Crippen molar-refractivity contribution < 1.29 is 9.53 Å². The Morgan fingerprint density at radius 3 is 2.48 bits per heavy atom. The zero-order valence-electron chi connectivity index (χ0n) is 12.3. The second-order valence-electron chi connectivity index (χ2n) is 5.06. The number of hydrogen-bond donors (Lipinski definition) is 1. The molecule has 0 atom stereocenters. The third-order valence-corrected chi connectivity index (χ3v) is 3.57. The van der Waals surface area contributed by atoms with Crippen LogP contribution in [0.25, 0.3) is 0 Å². The van der Waals surface area contributed by atoms with Gasteiger partial charge >= 0.3 is 0 Å². The Balaban J connectivity index is 2.07. The smallest absolute Gasteiger partial charge is 0.266 e. The van der Waals surface area contributed by atoms with E-state index in [0.29, 0.717) is 12.3 Å². The summed E-state index contributed by atoms with van der Waals surface area (Å²) in [5.74, 6) is 0.459. The molecule has 1 amide bonds. The molecule has 21 heavy (non-hydrogen) atoms. The van der Waals surface area contributed by atoms with Crippen molar-refractivity contribution in [3.8, 4) is 11.8 Å². The lowest BCUT2D eigenvalue weighted by Crippen LogP contribution is -2.16. The fourth-order valence-corrected chi connectivity index (χ4v) is 2.51. The van der Waals surface area contributed by atoms with Crippen LogP contribution in [0.3, 0.4) is 0 Å². The van der Waals surface area contributed by atoms with Crippen molar-refractivity contribution in [2.45, 2.75) is 39.0 Å². The molecule has 1 fully saturated rings. The molecule has 4 nitrogen and oxygen atoms in total. The Morgan fingerprint density at radius 1 is 1.24 bits per heavy atom. The predicted molar refractivity (Wildman–Crippen MR) is 82.0 cm³/mol. The molecule has 110 valence electrons.